The molecule has 2 heteroatoms. The Hall–Kier alpha value is -2.48. The van der Waals surface area contributed by atoms with Crippen LogP contribution in [0.15, 0.2) is 60.7 Å². The third kappa shape index (κ3) is 2.13. The van der Waals surface area contributed by atoms with E-state index < -0.39 is 0 Å². The van der Waals surface area contributed by atoms with Gasteiger partial charge in [-0.25, -0.2) is 0 Å². The predicted octanol–water partition coefficient (Wildman–Crippen LogP) is 4.69. The van der Waals surface area contributed by atoms with E-state index in [1.807, 2.05) is 0 Å². The fourth-order valence-electron chi connectivity index (χ4n) is 2.99. The summed E-state index contributed by atoms with van der Waals surface area (Å²) in [6.45, 7) is 2.89. The Morgan fingerprint density at radius 2 is 1.86 bits per heavy atom. The molecule has 0 spiro atoms. The van der Waals surface area contributed by atoms with E-state index in [-0.39, 0.29) is 6.10 Å². The topological polar surface area (TPSA) is 21.3 Å². The van der Waals surface area contributed by atoms with Crippen LogP contribution in [0.4, 0.5) is 5.69 Å². The largest absolute Gasteiger partial charge is 0.482 e. The van der Waals surface area contributed by atoms with Crippen LogP contribution in [0.1, 0.15) is 17.2 Å². The Bertz CT molecular complexity index is 804. The normalized spacial score (nSPS) is 16.9. The molecule has 21 heavy (non-hydrogen) atoms. The molecule has 1 atom stereocenters. The molecular weight excluding hydrogens is 258 g/mol. The van der Waals surface area contributed by atoms with Gasteiger partial charge in [-0.15, -0.1) is 0 Å². The van der Waals surface area contributed by atoms with E-state index in [1.165, 1.54) is 21.9 Å². The summed E-state index contributed by atoms with van der Waals surface area (Å²) in [6, 6.07) is 21.1. The number of rotatable bonds is 1. The van der Waals surface area contributed by atoms with Crippen molar-refractivity contribution in [1.82, 2.24) is 0 Å². The van der Waals surface area contributed by atoms with Crippen LogP contribution in [0.5, 0.6) is 5.75 Å². The summed E-state index contributed by atoms with van der Waals surface area (Å²) in [7, 11) is 0. The highest BCUT2D eigenvalue weighted by molar-refractivity contribution is 5.86. The molecule has 0 aromatic heterocycles. The van der Waals surface area contributed by atoms with Crippen molar-refractivity contribution in [3.63, 3.8) is 0 Å². The third-order valence-corrected chi connectivity index (χ3v) is 4.05. The van der Waals surface area contributed by atoms with Gasteiger partial charge in [0.1, 0.15) is 11.9 Å². The van der Waals surface area contributed by atoms with Crippen molar-refractivity contribution in [2.75, 3.05) is 11.9 Å². The van der Waals surface area contributed by atoms with E-state index in [1.54, 1.807) is 0 Å². The van der Waals surface area contributed by atoms with Gasteiger partial charge in [0.15, 0.2) is 0 Å². The zero-order valence-electron chi connectivity index (χ0n) is 12.0. The molecule has 1 N–H and O–H groups in total. The van der Waals surface area contributed by atoms with Crippen LogP contribution >= 0.6 is 0 Å². The van der Waals surface area contributed by atoms with Gasteiger partial charge in [-0.1, -0.05) is 48.5 Å². The van der Waals surface area contributed by atoms with Gasteiger partial charge in [0.2, 0.25) is 0 Å². The number of nitrogens with one attached hydrogen (secondary N) is 1. The molecular formula is C19H17NO. The maximum absolute atomic E-state index is 6.22. The lowest BCUT2D eigenvalue weighted by Gasteiger charge is -2.28. The number of aryl methyl sites for hydroxylation is 1. The molecule has 1 aliphatic rings. The minimum atomic E-state index is 0.0475. The van der Waals surface area contributed by atoms with Gasteiger partial charge >= 0.3 is 0 Å². The van der Waals surface area contributed by atoms with Gasteiger partial charge in [-0.3, -0.25) is 0 Å². The average Bonchev–Trinajstić information content (AvgIpc) is 2.54. The maximum Gasteiger partial charge on any atom is 0.143 e. The molecule has 104 valence electrons. The summed E-state index contributed by atoms with van der Waals surface area (Å²) in [6.07, 6.45) is 0.0475. The SMILES string of the molecule is Cc1ccc2c(c1)NCC(c1cccc3ccccc13)O2. The molecule has 0 radical (unpaired) electrons. The summed E-state index contributed by atoms with van der Waals surface area (Å²) in [5, 5.41) is 6.02. The van der Waals surface area contributed by atoms with E-state index in [0.717, 1.165) is 18.0 Å². The Morgan fingerprint density at radius 1 is 1.00 bits per heavy atom. The summed E-state index contributed by atoms with van der Waals surface area (Å²) in [5.41, 5.74) is 3.58. The average molecular weight is 275 g/mol. The number of hydrogen-bond acceptors (Lipinski definition) is 2. The molecule has 0 fully saturated rings. The number of ether oxygens (including phenoxy) is 1. The second-order valence-electron chi connectivity index (χ2n) is 5.56. The smallest absolute Gasteiger partial charge is 0.143 e. The predicted molar refractivity (Wildman–Crippen MR) is 87.0 cm³/mol. The lowest BCUT2D eigenvalue weighted by Crippen LogP contribution is -2.23. The van der Waals surface area contributed by atoms with Crippen molar-refractivity contribution in [3.05, 3.63) is 71.8 Å². The summed E-state index contributed by atoms with van der Waals surface area (Å²) >= 11 is 0. The zero-order valence-corrected chi connectivity index (χ0v) is 12.0. The highest BCUT2D eigenvalue weighted by atomic mass is 16.5. The molecule has 0 saturated heterocycles. The first-order valence-corrected chi connectivity index (χ1v) is 7.30. The van der Waals surface area contributed by atoms with Gasteiger partial charge < -0.3 is 10.1 Å². The quantitative estimate of drug-likeness (QED) is 0.695. The molecule has 1 aliphatic heterocycles. The first-order valence-electron chi connectivity index (χ1n) is 7.30. The van der Waals surface area contributed by atoms with E-state index in [0.29, 0.717) is 0 Å². The Morgan fingerprint density at radius 3 is 2.81 bits per heavy atom. The van der Waals surface area contributed by atoms with Crippen LogP contribution in [0.2, 0.25) is 0 Å². The minimum Gasteiger partial charge on any atom is -0.482 e. The summed E-state index contributed by atoms with van der Waals surface area (Å²) in [5.74, 6) is 0.935. The van der Waals surface area contributed by atoms with Crippen molar-refractivity contribution >= 4 is 16.5 Å². The standard InChI is InChI=1S/C19H17NO/c1-13-9-10-18-17(11-13)20-12-19(21-18)16-8-4-6-14-5-2-3-7-15(14)16/h2-11,19-20H,12H2,1H3. The van der Waals surface area contributed by atoms with Gasteiger partial charge in [-0.2, -0.15) is 0 Å². The number of fused-ring (bicyclic) bond motifs is 2. The van der Waals surface area contributed by atoms with Gasteiger partial charge in [-0.05, 0) is 35.4 Å². The van der Waals surface area contributed by atoms with Gasteiger partial charge in [0.05, 0.1) is 12.2 Å². The van der Waals surface area contributed by atoms with Crippen molar-refractivity contribution in [1.29, 1.82) is 0 Å². The van der Waals surface area contributed by atoms with E-state index >= 15 is 0 Å². The fraction of sp³-hybridized carbons (Fsp3) is 0.158. The van der Waals surface area contributed by atoms with Crippen molar-refractivity contribution in [3.8, 4) is 5.75 Å². The lowest BCUT2D eigenvalue weighted by molar-refractivity contribution is 0.212. The van der Waals surface area contributed by atoms with E-state index in [4.69, 9.17) is 4.74 Å². The van der Waals surface area contributed by atoms with E-state index in [2.05, 4.69) is 72.9 Å². The monoisotopic (exact) mass is 275 g/mol. The first kappa shape index (κ1) is 12.3. The molecule has 1 heterocycles. The third-order valence-electron chi connectivity index (χ3n) is 4.05. The fourth-order valence-corrected chi connectivity index (χ4v) is 2.99. The van der Waals surface area contributed by atoms with Crippen LogP contribution in [0.25, 0.3) is 10.8 Å². The van der Waals surface area contributed by atoms with Crippen LogP contribution in [-0.2, 0) is 0 Å². The Labute approximate surface area is 124 Å². The zero-order chi connectivity index (χ0) is 14.2. The summed E-state index contributed by atoms with van der Waals surface area (Å²) < 4.78 is 6.22. The minimum absolute atomic E-state index is 0.0475. The lowest BCUT2D eigenvalue weighted by atomic mass is 9.99. The van der Waals surface area contributed by atoms with Gasteiger partial charge in [0.25, 0.3) is 0 Å². The second-order valence-corrected chi connectivity index (χ2v) is 5.56. The van der Waals surface area contributed by atoms with Crippen molar-refractivity contribution in [2.24, 2.45) is 0 Å². The molecule has 0 aliphatic carbocycles. The number of hydrogen-bond donors (Lipinski definition) is 1. The highest BCUT2D eigenvalue weighted by Crippen LogP contribution is 2.36. The van der Waals surface area contributed by atoms with Crippen molar-refractivity contribution in [2.45, 2.75) is 13.0 Å². The van der Waals surface area contributed by atoms with E-state index in [9.17, 15) is 0 Å². The Balaban J connectivity index is 1.76. The molecule has 0 saturated carbocycles. The molecule has 3 aromatic carbocycles. The van der Waals surface area contributed by atoms with Gasteiger partial charge in [0, 0.05) is 5.56 Å². The van der Waals surface area contributed by atoms with Crippen molar-refractivity contribution < 1.29 is 4.74 Å². The molecule has 3 aromatic rings. The molecule has 2 nitrogen and oxygen atoms in total. The number of benzene rings is 3. The molecule has 4 rings (SSSR count). The molecule has 0 bridgehead atoms. The second kappa shape index (κ2) is 4.81. The highest BCUT2D eigenvalue weighted by Gasteiger charge is 2.22. The van der Waals surface area contributed by atoms with Crippen LogP contribution in [-0.4, -0.2) is 6.54 Å². The van der Waals surface area contributed by atoms with Crippen LogP contribution in [0.3, 0.4) is 0 Å². The maximum atomic E-state index is 6.22. The molecule has 1 unspecified atom stereocenters. The van der Waals surface area contributed by atoms with Crippen LogP contribution < -0.4 is 10.1 Å². The molecule has 0 amide bonds. The summed E-state index contributed by atoms with van der Waals surface area (Å²) in [4.78, 5) is 0. The first-order chi connectivity index (χ1) is 10.3. The van der Waals surface area contributed by atoms with Crippen LogP contribution in [0, 0.1) is 6.92 Å². The number of anilines is 1. The Kier molecular flexibility index (Phi) is 2.81.